The zero-order valence-electron chi connectivity index (χ0n) is 18.6. The van der Waals surface area contributed by atoms with Crippen molar-refractivity contribution in [2.75, 3.05) is 24.6 Å². The Labute approximate surface area is 194 Å². The van der Waals surface area contributed by atoms with Gasteiger partial charge in [-0.3, -0.25) is 4.72 Å². The molecule has 2 aromatic rings. The highest BCUT2D eigenvalue weighted by Crippen LogP contribution is 2.43. The van der Waals surface area contributed by atoms with Crippen molar-refractivity contribution in [3.05, 3.63) is 53.1 Å². The number of sulfonamides is 1. The Morgan fingerprint density at radius 2 is 1.73 bits per heavy atom. The second-order valence-corrected chi connectivity index (χ2v) is 12.3. The average molecular weight is 493 g/mol. The van der Waals surface area contributed by atoms with Gasteiger partial charge in [0.2, 0.25) is 0 Å². The lowest BCUT2D eigenvalue weighted by atomic mass is 9.96. The van der Waals surface area contributed by atoms with Crippen molar-refractivity contribution < 1.29 is 26.4 Å². The largest absolute Gasteiger partial charge is 0.465 e. The molecule has 1 aliphatic carbocycles. The van der Waals surface area contributed by atoms with Crippen LogP contribution in [0.2, 0.25) is 0 Å². The van der Waals surface area contributed by atoms with E-state index in [4.69, 9.17) is 4.74 Å². The summed E-state index contributed by atoms with van der Waals surface area (Å²) in [4.78, 5) is 12.1. The Morgan fingerprint density at radius 3 is 2.33 bits per heavy atom. The van der Waals surface area contributed by atoms with Gasteiger partial charge >= 0.3 is 5.97 Å². The van der Waals surface area contributed by atoms with E-state index in [1.54, 1.807) is 18.2 Å². The van der Waals surface area contributed by atoms with Crippen molar-refractivity contribution in [1.82, 2.24) is 5.32 Å². The summed E-state index contributed by atoms with van der Waals surface area (Å²) in [6, 6.07) is 9.03. The van der Waals surface area contributed by atoms with E-state index in [1.165, 1.54) is 25.3 Å². The van der Waals surface area contributed by atoms with Crippen LogP contribution in [-0.2, 0) is 24.6 Å². The van der Waals surface area contributed by atoms with E-state index in [1.807, 2.05) is 0 Å². The minimum absolute atomic E-state index is 0.0141. The van der Waals surface area contributed by atoms with Gasteiger partial charge in [-0.15, -0.1) is 0 Å². The summed E-state index contributed by atoms with van der Waals surface area (Å²) in [5.74, 6) is -0.509. The molecule has 0 radical (unpaired) electrons. The third kappa shape index (κ3) is 5.23. The van der Waals surface area contributed by atoms with Crippen molar-refractivity contribution in [3.8, 4) is 0 Å². The van der Waals surface area contributed by atoms with Crippen LogP contribution in [0.3, 0.4) is 0 Å². The fourth-order valence-electron chi connectivity index (χ4n) is 4.22. The summed E-state index contributed by atoms with van der Waals surface area (Å²) in [6.45, 7) is 0.803. The Kier molecular flexibility index (Phi) is 6.52. The molecule has 2 aliphatic rings. The summed E-state index contributed by atoms with van der Waals surface area (Å²) in [5.41, 5.74) is 1.71. The molecule has 4 rings (SSSR count). The van der Waals surface area contributed by atoms with Gasteiger partial charge in [-0.05, 0) is 73.5 Å². The summed E-state index contributed by atoms with van der Waals surface area (Å²) in [7, 11) is -6.42. The third-order valence-corrected chi connectivity index (χ3v) is 8.66. The van der Waals surface area contributed by atoms with E-state index in [2.05, 4.69) is 10.0 Å². The first-order valence-corrected chi connectivity index (χ1v) is 14.3. The Bertz CT molecular complexity index is 1280. The number of hydrogen-bond acceptors (Lipinski definition) is 7. The first-order chi connectivity index (χ1) is 15.6. The number of nitrogens with one attached hydrogen (secondary N) is 2. The topological polar surface area (TPSA) is 119 Å². The first-order valence-electron chi connectivity index (χ1n) is 10.9. The standard InChI is InChI=1S/C23H28N2O6S2/c1-31-23(26)16-8-10-18(15-6-7-15)22(13-16)33(29,30)25-21-14-17(32(2,27)28)9-11-19(21)20-5-3-4-12-24-20/h8-11,13-15,20,24-25H,3-7,12H2,1-2H3. The number of anilines is 1. The zero-order chi connectivity index (χ0) is 23.8. The highest BCUT2D eigenvalue weighted by atomic mass is 32.2. The Hall–Kier alpha value is -2.43. The average Bonchev–Trinajstić information content (AvgIpc) is 3.63. The molecule has 1 aliphatic heterocycles. The van der Waals surface area contributed by atoms with Gasteiger partial charge in [-0.2, -0.15) is 0 Å². The number of rotatable bonds is 7. The van der Waals surface area contributed by atoms with Gasteiger partial charge in [0.05, 0.1) is 28.2 Å². The number of hydrogen-bond donors (Lipinski definition) is 2. The van der Waals surface area contributed by atoms with Crippen molar-refractivity contribution in [3.63, 3.8) is 0 Å². The minimum atomic E-state index is -4.12. The van der Waals surface area contributed by atoms with Crippen LogP contribution in [0.25, 0.3) is 0 Å². The highest BCUT2D eigenvalue weighted by Gasteiger charge is 2.32. The molecular weight excluding hydrogens is 464 g/mol. The molecule has 1 heterocycles. The molecular formula is C23H28N2O6S2. The Balaban J connectivity index is 1.79. The number of piperidine rings is 1. The number of carbonyl (C=O) groups excluding carboxylic acids is 1. The SMILES string of the molecule is COC(=O)c1ccc(C2CC2)c(S(=O)(=O)Nc2cc(S(C)(=O)=O)ccc2C2CCCCN2)c1. The van der Waals surface area contributed by atoms with Crippen LogP contribution in [0, 0.1) is 0 Å². The van der Waals surface area contributed by atoms with Crippen LogP contribution < -0.4 is 10.0 Å². The predicted octanol–water partition coefficient (Wildman–Crippen LogP) is 3.37. The van der Waals surface area contributed by atoms with Crippen LogP contribution in [-0.4, -0.2) is 42.7 Å². The van der Waals surface area contributed by atoms with Crippen molar-refractivity contribution in [2.24, 2.45) is 0 Å². The minimum Gasteiger partial charge on any atom is -0.465 e. The van der Waals surface area contributed by atoms with Crippen LogP contribution in [0.15, 0.2) is 46.2 Å². The predicted molar refractivity (Wildman–Crippen MR) is 125 cm³/mol. The number of ether oxygens (including phenoxy) is 1. The van der Waals surface area contributed by atoms with E-state index in [0.717, 1.165) is 44.9 Å². The van der Waals surface area contributed by atoms with Crippen LogP contribution in [0.4, 0.5) is 5.69 Å². The molecule has 0 bridgehead atoms. The molecule has 0 amide bonds. The lowest BCUT2D eigenvalue weighted by Crippen LogP contribution is -2.28. The molecule has 10 heteroatoms. The molecule has 2 aromatic carbocycles. The smallest absolute Gasteiger partial charge is 0.337 e. The molecule has 1 unspecified atom stereocenters. The number of methoxy groups -OCH3 is 1. The fraction of sp³-hybridized carbons (Fsp3) is 0.435. The normalized spacial score (nSPS) is 19.2. The molecule has 33 heavy (non-hydrogen) atoms. The lowest BCUT2D eigenvalue weighted by Gasteiger charge is -2.26. The molecule has 0 spiro atoms. The number of esters is 1. The van der Waals surface area contributed by atoms with Gasteiger partial charge in [0.15, 0.2) is 9.84 Å². The van der Waals surface area contributed by atoms with E-state index < -0.39 is 25.8 Å². The maximum absolute atomic E-state index is 13.6. The second kappa shape index (κ2) is 9.08. The van der Waals surface area contributed by atoms with Crippen molar-refractivity contribution >= 4 is 31.5 Å². The van der Waals surface area contributed by atoms with E-state index in [-0.39, 0.29) is 33.0 Å². The molecule has 8 nitrogen and oxygen atoms in total. The maximum atomic E-state index is 13.6. The summed E-state index contributed by atoms with van der Waals surface area (Å²) in [5, 5.41) is 3.39. The molecule has 1 atom stereocenters. The third-order valence-electron chi connectivity index (χ3n) is 6.12. The molecule has 1 saturated carbocycles. The zero-order valence-corrected chi connectivity index (χ0v) is 20.3. The molecule has 2 N–H and O–H groups in total. The first kappa shape index (κ1) is 23.7. The maximum Gasteiger partial charge on any atom is 0.337 e. The molecule has 178 valence electrons. The fourth-order valence-corrected chi connectivity index (χ4v) is 6.27. The van der Waals surface area contributed by atoms with Crippen LogP contribution in [0.5, 0.6) is 0 Å². The highest BCUT2D eigenvalue weighted by molar-refractivity contribution is 7.92. The van der Waals surface area contributed by atoms with Crippen molar-refractivity contribution in [1.29, 1.82) is 0 Å². The van der Waals surface area contributed by atoms with Gasteiger partial charge in [-0.25, -0.2) is 21.6 Å². The monoisotopic (exact) mass is 492 g/mol. The lowest BCUT2D eigenvalue weighted by molar-refractivity contribution is 0.0600. The van der Waals surface area contributed by atoms with E-state index in [0.29, 0.717) is 11.1 Å². The molecule has 1 saturated heterocycles. The number of benzene rings is 2. The molecule has 2 fully saturated rings. The summed E-state index contributed by atoms with van der Waals surface area (Å²) >= 11 is 0. The van der Waals surface area contributed by atoms with Gasteiger partial charge < -0.3 is 10.1 Å². The van der Waals surface area contributed by atoms with Gasteiger partial charge in [0, 0.05) is 12.3 Å². The quantitative estimate of drug-likeness (QED) is 0.569. The van der Waals surface area contributed by atoms with Crippen molar-refractivity contribution in [2.45, 2.75) is 53.9 Å². The van der Waals surface area contributed by atoms with Gasteiger partial charge in [0.1, 0.15) is 0 Å². The summed E-state index contributed by atoms with van der Waals surface area (Å²) in [6.07, 6.45) is 5.68. The van der Waals surface area contributed by atoms with Crippen LogP contribution in [0.1, 0.15) is 65.5 Å². The summed E-state index contributed by atoms with van der Waals surface area (Å²) < 4.78 is 58.9. The van der Waals surface area contributed by atoms with E-state index >= 15 is 0 Å². The van der Waals surface area contributed by atoms with Crippen LogP contribution >= 0.6 is 0 Å². The van der Waals surface area contributed by atoms with Gasteiger partial charge in [0.25, 0.3) is 10.0 Å². The second-order valence-electron chi connectivity index (χ2n) is 8.65. The van der Waals surface area contributed by atoms with E-state index in [9.17, 15) is 21.6 Å². The number of sulfone groups is 1. The molecule has 0 aromatic heterocycles. The Morgan fingerprint density at radius 1 is 1.00 bits per heavy atom. The number of carbonyl (C=O) groups is 1. The van der Waals surface area contributed by atoms with Gasteiger partial charge in [-0.1, -0.05) is 18.6 Å².